The molecule has 1 saturated heterocycles. The average molecular weight is 333 g/mol. The first kappa shape index (κ1) is 15.7. The van der Waals surface area contributed by atoms with E-state index in [1.165, 1.54) is 5.69 Å². The molecule has 122 valence electrons. The predicted octanol–water partition coefficient (Wildman–Crippen LogP) is 1.67. The van der Waals surface area contributed by atoms with Crippen molar-refractivity contribution in [2.75, 3.05) is 37.6 Å². The van der Waals surface area contributed by atoms with E-state index < -0.39 is 0 Å². The maximum Gasteiger partial charge on any atom is 0.191 e. The number of imidazole rings is 1. The van der Waals surface area contributed by atoms with Gasteiger partial charge in [-0.2, -0.15) is 0 Å². The number of halogens is 1. The number of hydrogen-bond acceptors (Lipinski definition) is 3. The molecular weight excluding hydrogens is 312 g/mol. The molecule has 1 fully saturated rings. The van der Waals surface area contributed by atoms with E-state index >= 15 is 0 Å². The molecule has 0 radical (unpaired) electrons. The van der Waals surface area contributed by atoms with Crippen LogP contribution in [0.15, 0.2) is 48.0 Å². The van der Waals surface area contributed by atoms with Gasteiger partial charge >= 0.3 is 0 Å². The molecule has 0 saturated carbocycles. The number of aliphatic imine (C=N–C) groups is 1. The second kappa shape index (κ2) is 7.37. The normalized spacial score (nSPS) is 16.0. The topological polar surface area (TPSA) is 62.7 Å². The van der Waals surface area contributed by atoms with Gasteiger partial charge in [-0.05, 0) is 24.3 Å². The van der Waals surface area contributed by atoms with Crippen LogP contribution in [0.5, 0.6) is 0 Å². The Balaban J connectivity index is 1.48. The van der Waals surface area contributed by atoms with Crippen LogP contribution < -0.4 is 10.6 Å². The summed E-state index contributed by atoms with van der Waals surface area (Å²) in [5, 5.41) is 0.765. The molecule has 3 rings (SSSR count). The largest absolute Gasteiger partial charge is 0.370 e. The minimum absolute atomic E-state index is 0.626. The van der Waals surface area contributed by atoms with Gasteiger partial charge in [-0.25, -0.2) is 4.98 Å². The van der Waals surface area contributed by atoms with Crippen molar-refractivity contribution in [2.45, 2.75) is 6.54 Å². The van der Waals surface area contributed by atoms with Gasteiger partial charge in [-0.1, -0.05) is 11.6 Å². The SMILES string of the molecule is NC(=NCCn1ccnc1)N1CCN(c2ccc(Cl)cc2)CC1. The number of benzene rings is 1. The zero-order valence-corrected chi connectivity index (χ0v) is 13.7. The van der Waals surface area contributed by atoms with E-state index in [9.17, 15) is 0 Å². The van der Waals surface area contributed by atoms with Gasteiger partial charge in [0.25, 0.3) is 0 Å². The number of rotatable bonds is 4. The molecule has 2 N–H and O–H groups in total. The van der Waals surface area contributed by atoms with Gasteiger partial charge in [0.2, 0.25) is 0 Å². The van der Waals surface area contributed by atoms with Crippen LogP contribution in [0, 0.1) is 0 Å². The first-order valence-electron chi connectivity index (χ1n) is 7.73. The Morgan fingerprint density at radius 3 is 2.57 bits per heavy atom. The molecule has 0 aliphatic carbocycles. The number of nitrogens with zero attached hydrogens (tertiary/aromatic N) is 5. The van der Waals surface area contributed by atoms with E-state index in [4.69, 9.17) is 17.3 Å². The van der Waals surface area contributed by atoms with E-state index in [-0.39, 0.29) is 0 Å². The highest BCUT2D eigenvalue weighted by Gasteiger charge is 2.18. The molecule has 1 aromatic carbocycles. The fraction of sp³-hybridized carbons (Fsp3) is 0.375. The second-order valence-electron chi connectivity index (χ2n) is 5.49. The van der Waals surface area contributed by atoms with E-state index in [0.717, 1.165) is 37.7 Å². The number of nitrogens with two attached hydrogens (primary N) is 1. The van der Waals surface area contributed by atoms with Crippen LogP contribution >= 0.6 is 11.6 Å². The third-order valence-corrected chi connectivity index (χ3v) is 4.24. The standard InChI is InChI=1S/C16H21ClN6/c17-14-1-3-15(4-2-14)22-9-11-23(12-10-22)16(18)20-6-8-21-7-5-19-13-21/h1-5,7,13H,6,8-12H2,(H2,18,20). The summed E-state index contributed by atoms with van der Waals surface area (Å²) in [5.41, 5.74) is 7.31. The summed E-state index contributed by atoms with van der Waals surface area (Å²) in [5.74, 6) is 0.626. The predicted molar refractivity (Wildman–Crippen MR) is 94.0 cm³/mol. The van der Waals surface area contributed by atoms with Crippen molar-refractivity contribution in [1.82, 2.24) is 14.5 Å². The summed E-state index contributed by atoms with van der Waals surface area (Å²) in [7, 11) is 0. The summed E-state index contributed by atoms with van der Waals surface area (Å²) in [6, 6.07) is 7.96. The van der Waals surface area contributed by atoms with Gasteiger partial charge in [0.15, 0.2) is 5.96 Å². The Morgan fingerprint density at radius 1 is 1.17 bits per heavy atom. The Kier molecular flexibility index (Phi) is 5.02. The van der Waals surface area contributed by atoms with E-state index in [1.807, 2.05) is 22.9 Å². The van der Waals surface area contributed by atoms with Crippen LogP contribution in [0.3, 0.4) is 0 Å². The smallest absolute Gasteiger partial charge is 0.191 e. The summed E-state index contributed by atoms with van der Waals surface area (Å²) in [4.78, 5) is 13.0. The lowest BCUT2D eigenvalue weighted by molar-refractivity contribution is 0.380. The van der Waals surface area contributed by atoms with Crippen LogP contribution in [0.2, 0.25) is 5.02 Å². The van der Waals surface area contributed by atoms with Gasteiger partial charge in [-0.15, -0.1) is 0 Å². The highest BCUT2D eigenvalue weighted by molar-refractivity contribution is 6.30. The maximum atomic E-state index is 6.11. The van der Waals surface area contributed by atoms with Crippen molar-refractivity contribution < 1.29 is 0 Å². The van der Waals surface area contributed by atoms with Gasteiger partial charge < -0.3 is 20.1 Å². The highest BCUT2D eigenvalue weighted by Crippen LogP contribution is 2.19. The van der Waals surface area contributed by atoms with Crippen molar-refractivity contribution in [2.24, 2.45) is 10.7 Å². The maximum absolute atomic E-state index is 6.11. The molecule has 2 heterocycles. The fourth-order valence-corrected chi connectivity index (χ4v) is 2.77. The summed E-state index contributed by atoms with van der Waals surface area (Å²) < 4.78 is 2.00. The number of hydrogen-bond donors (Lipinski definition) is 1. The molecule has 23 heavy (non-hydrogen) atoms. The molecule has 7 heteroatoms. The van der Waals surface area contributed by atoms with E-state index in [2.05, 4.69) is 31.9 Å². The fourth-order valence-electron chi connectivity index (χ4n) is 2.64. The Hall–Kier alpha value is -2.21. The Bertz CT molecular complexity index is 629. The van der Waals surface area contributed by atoms with Gasteiger partial charge in [0.1, 0.15) is 0 Å². The molecule has 0 bridgehead atoms. The van der Waals surface area contributed by atoms with E-state index in [0.29, 0.717) is 12.5 Å². The third-order valence-electron chi connectivity index (χ3n) is 3.99. The lowest BCUT2D eigenvalue weighted by Gasteiger charge is -2.36. The van der Waals surface area contributed by atoms with Crippen LogP contribution in [0.1, 0.15) is 0 Å². The minimum Gasteiger partial charge on any atom is -0.370 e. The zero-order chi connectivity index (χ0) is 16.1. The molecular formula is C16H21ClN6. The summed E-state index contributed by atoms with van der Waals surface area (Å²) in [6.07, 6.45) is 5.48. The summed E-state index contributed by atoms with van der Waals surface area (Å²) in [6.45, 7) is 5.08. The second-order valence-corrected chi connectivity index (χ2v) is 5.93. The molecule has 1 aromatic heterocycles. The molecule has 6 nitrogen and oxygen atoms in total. The Labute approximate surface area is 141 Å². The lowest BCUT2D eigenvalue weighted by atomic mass is 10.2. The monoisotopic (exact) mass is 332 g/mol. The van der Waals surface area contributed by atoms with Crippen molar-refractivity contribution in [3.05, 3.63) is 48.0 Å². The number of piperazine rings is 1. The summed E-state index contributed by atoms with van der Waals surface area (Å²) >= 11 is 5.94. The molecule has 1 aliphatic rings. The lowest BCUT2D eigenvalue weighted by Crippen LogP contribution is -2.51. The number of anilines is 1. The molecule has 0 atom stereocenters. The first-order valence-corrected chi connectivity index (χ1v) is 8.11. The molecule has 0 spiro atoms. The highest BCUT2D eigenvalue weighted by atomic mass is 35.5. The zero-order valence-electron chi connectivity index (χ0n) is 13.0. The molecule has 2 aromatic rings. The van der Waals surface area contributed by atoms with Crippen molar-refractivity contribution in [3.63, 3.8) is 0 Å². The average Bonchev–Trinajstić information content (AvgIpc) is 3.09. The van der Waals surface area contributed by atoms with Crippen LogP contribution in [0.4, 0.5) is 5.69 Å². The van der Waals surface area contributed by atoms with Crippen LogP contribution in [-0.4, -0.2) is 53.1 Å². The minimum atomic E-state index is 0.626. The van der Waals surface area contributed by atoms with Gasteiger partial charge in [0, 0.05) is 55.8 Å². The number of aromatic nitrogens is 2. The van der Waals surface area contributed by atoms with E-state index in [1.54, 1.807) is 12.5 Å². The molecule has 1 aliphatic heterocycles. The Morgan fingerprint density at radius 2 is 1.91 bits per heavy atom. The molecule has 0 unspecified atom stereocenters. The van der Waals surface area contributed by atoms with Gasteiger partial charge in [-0.3, -0.25) is 4.99 Å². The van der Waals surface area contributed by atoms with Crippen molar-refractivity contribution in [3.8, 4) is 0 Å². The van der Waals surface area contributed by atoms with Crippen molar-refractivity contribution >= 4 is 23.2 Å². The molecule has 0 amide bonds. The van der Waals surface area contributed by atoms with Crippen molar-refractivity contribution in [1.29, 1.82) is 0 Å². The van der Waals surface area contributed by atoms with Crippen LogP contribution in [-0.2, 0) is 6.54 Å². The third kappa shape index (κ3) is 4.16. The van der Waals surface area contributed by atoms with Gasteiger partial charge in [0.05, 0.1) is 12.9 Å². The quantitative estimate of drug-likeness (QED) is 0.683. The number of guanidine groups is 1. The van der Waals surface area contributed by atoms with Crippen LogP contribution in [0.25, 0.3) is 0 Å². The first-order chi connectivity index (χ1) is 11.2.